The quantitative estimate of drug-likeness (QED) is 0.697. The van der Waals surface area contributed by atoms with Crippen LogP contribution in [0, 0.1) is 13.8 Å². The molecule has 0 bridgehead atoms. The Bertz CT molecular complexity index is 1140. The maximum Gasteiger partial charge on any atom is 0.259 e. The third kappa shape index (κ3) is 4.00. The fraction of sp³-hybridized carbons (Fsp3) is 0.364. The summed E-state index contributed by atoms with van der Waals surface area (Å²) in [7, 11) is 0. The standard InChI is InChI=1S/C22H24N4O3S/c1-14-15(2)30-21-19(14)20(28)23-17(24-21)8-9-18(27)25-10-12-26(13-11-25)22(29)16-6-4-3-5-7-16/h3-7H,8-13H2,1-2H3,(H,23,24,28). The summed E-state index contributed by atoms with van der Waals surface area (Å²) in [5, 5.41) is 0.645. The third-order valence-corrected chi connectivity index (χ3v) is 6.71. The Balaban J connectivity index is 1.34. The van der Waals surface area contributed by atoms with Gasteiger partial charge >= 0.3 is 0 Å². The van der Waals surface area contributed by atoms with Gasteiger partial charge in [-0.1, -0.05) is 18.2 Å². The first-order chi connectivity index (χ1) is 14.4. The first-order valence-corrected chi connectivity index (χ1v) is 10.9. The number of rotatable bonds is 4. The lowest BCUT2D eigenvalue weighted by Crippen LogP contribution is -2.50. The Kier molecular flexibility index (Phi) is 5.67. The van der Waals surface area contributed by atoms with Crippen LogP contribution in [0.1, 0.15) is 33.0 Å². The van der Waals surface area contributed by atoms with Gasteiger partial charge in [0.15, 0.2) is 0 Å². The molecular formula is C22H24N4O3S. The molecule has 7 nitrogen and oxygen atoms in total. The molecule has 0 aliphatic carbocycles. The number of hydrogen-bond donors (Lipinski definition) is 1. The Morgan fingerprint density at radius 3 is 2.43 bits per heavy atom. The highest BCUT2D eigenvalue weighted by molar-refractivity contribution is 7.18. The van der Waals surface area contributed by atoms with Gasteiger partial charge in [-0.3, -0.25) is 14.4 Å². The number of aromatic amines is 1. The van der Waals surface area contributed by atoms with E-state index in [4.69, 9.17) is 0 Å². The predicted molar refractivity (Wildman–Crippen MR) is 117 cm³/mol. The van der Waals surface area contributed by atoms with E-state index in [-0.39, 0.29) is 23.8 Å². The van der Waals surface area contributed by atoms with E-state index in [2.05, 4.69) is 9.97 Å². The van der Waals surface area contributed by atoms with Crippen molar-refractivity contribution in [2.24, 2.45) is 0 Å². The van der Waals surface area contributed by atoms with Crippen LogP contribution in [0.25, 0.3) is 10.2 Å². The Morgan fingerprint density at radius 1 is 1.07 bits per heavy atom. The summed E-state index contributed by atoms with van der Waals surface area (Å²) in [4.78, 5) is 50.3. The summed E-state index contributed by atoms with van der Waals surface area (Å²) in [5.74, 6) is 0.558. The van der Waals surface area contributed by atoms with Crippen LogP contribution in [-0.4, -0.2) is 57.8 Å². The van der Waals surface area contributed by atoms with Crippen molar-refractivity contribution in [3.8, 4) is 0 Å². The van der Waals surface area contributed by atoms with E-state index in [1.54, 1.807) is 21.9 Å². The van der Waals surface area contributed by atoms with Gasteiger partial charge in [-0.2, -0.15) is 0 Å². The Morgan fingerprint density at radius 2 is 1.73 bits per heavy atom. The summed E-state index contributed by atoms with van der Waals surface area (Å²) in [5.41, 5.74) is 1.49. The Labute approximate surface area is 178 Å². The van der Waals surface area contributed by atoms with Crippen LogP contribution in [0.5, 0.6) is 0 Å². The van der Waals surface area contributed by atoms with Crippen LogP contribution in [-0.2, 0) is 11.2 Å². The highest BCUT2D eigenvalue weighted by atomic mass is 32.1. The smallest absolute Gasteiger partial charge is 0.259 e. The van der Waals surface area contributed by atoms with Crippen molar-refractivity contribution < 1.29 is 9.59 Å². The van der Waals surface area contributed by atoms with Crippen LogP contribution < -0.4 is 5.56 Å². The summed E-state index contributed by atoms with van der Waals surface area (Å²) < 4.78 is 0. The van der Waals surface area contributed by atoms with Crippen LogP contribution in [0.4, 0.5) is 0 Å². The van der Waals surface area contributed by atoms with Crippen molar-refractivity contribution in [2.75, 3.05) is 26.2 Å². The third-order valence-electron chi connectivity index (χ3n) is 5.60. The second-order valence-electron chi connectivity index (χ2n) is 7.52. The number of nitrogens with one attached hydrogen (secondary N) is 1. The monoisotopic (exact) mass is 424 g/mol. The van der Waals surface area contributed by atoms with Crippen LogP contribution in [0.15, 0.2) is 35.1 Å². The van der Waals surface area contributed by atoms with Crippen LogP contribution in [0.2, 0.25) is 0 Å². The minimum atomic E-state index is -0.141. The number of aryl methyl sites for hydroxylation is 3. The van der Waals surface area contributed by atoms with Gasteiger partial charge in [0.05, 0.1) is 5.39 Å². The van der Waals surface area contributed by atoms with E-state index < -0.39 is 0 Å². The molecule has 1 N–H and O–H groups in total. The SMILES string of the molecule is Cc1sc2nc(CCC(=O)N3CCN(C(=O)c4ccccc4)CC3)[nH]c(=O)c2c1C. The van der Waals surface area contributed by atoms with E-state index in [1.165, 1.54) is 11.3 Å². The molecular weight excluding hydrogens is 400 g/mol. The molecule has 1 aliphatic heterocycles. The number of hydrogen-bond acceptors (Lipinski definition) is 5. The van der Waals surface area contributed by atoms with Gasteiger partial charge in [-0.05, 0) is 31.5 Å². The molecule has 1 fully saturated rings. The summed E-state index contributed by atoms with van der Waals surface area (Å²) in [6.07, 6.45) is 0.674. The molecule has 1 aliphatic rings. The Hall–Kier alpha value is -3.00. The minimum absolute atomic E-state index is 0.000638. The fourth-order valence-electron chi connectivity index (χ4n) is 3.72. The minimum Gasteiger partial charge on any atom is -0.339 e. The molecule has 30 heavy (non-hydrogen) atoms. The van der Waals surface area contributed by atoms with Gasteiger partial charge in [0.25, 0.3) is 11.5 Å². The lowest BCUT2D eigenvalue weighted by atomic mass is 10.1. The van der Waals surface area contributed by atoms with Gasteiger partial charge in [-0.15, -0.1) is 11.3 Å². The zero-order valence-corrected chi connectivity index (χ0v) is 17.9. The molecule has 8 heteroatoms. The van der Waals surface area contributed by atoms with Gasteiger partial charge in [0.1, 0.15) is 10.7 Å². The van der Waals surface area contributed by atoms with E-state index in [0.29, 0.717) is 49.4 Å². The molecule has 0 radical (unpaired) electrons. The molecule has 0 spiro atoms. The average molecular weight is 425 g/mol. The zero-order valence-electron chi connectivity index (χ0n) is 17.1. The van der Waals surface area contributed by atoms with Crippen LogP contribution >= 0.6 is 11.3 Å². The van der Waals surface area contributed by atoms with Crippen molar-refractivity contribution >= 4 is 33.4 Å². The van der Waals surface area contributed by atoms with Crippen molar-refractivity contribution in [1.82, 2.24) is 19.8 Å². The lowest BCUT2D eigenvalue weighted by molar-refractivity contribution is -0.132. The van der Waals surface area contributed by atoms with E-state index in [0.717, 1.165) is 15.3 Å². The largest absolute Gasteiger partial charge is 0.339 e. The molecule has 2 aromatic heterocycles. The van der Waals surface area contributed by atoms with E-state index in [1.807, 2.05) is 32.0 Å². The first kappa shape index (κ1) is 20.3. The number of H-pyrrole nitrogens is 1. The highest BCUT2D eigenvalue weighted by Gasteiger charge is 2.24. The first-order valence-electron chi connectivity index (χ1n) is 10.0. The normalized spacial score (nSPS) is 14.3. The molecule has 4 rings (SSSR count). The summed E-state index contributed by atoms with van der Waals surface area (Å²) >= 11 is 1.51. The van der Waals surface area contributed by atoms with E-state index in [9.17, 15) is 14.4 Å². The number of piperazine rings is 1. The average Bonchev–Trinajstić information content (AvgIpc) is 3.06. The molecule has 0 unspecified atom stereocenters. The maximum absolute atomic E-state index is 12.6. The number of nitrogens with zero attached hydrogens (tertiary/aromatic N) is 3. The number of carbonyl (C=O) groups excluding carboxylic acids is 2. The van der Waals surface area contributed by atoms with Crippen LogP contribution in [0.3, 0.4) is 0 Å². The molecule has 1 aromatic carbocycles. The topological polar surface area (TPSA) is 86.4 Å². The number of carbonyl (C=O) groups is 2. The van der Waals surface area contributed by atoms with E-state index >= 15 is 0 Å². The molecule has 2 amide bonds. The van der Waals surface area contributed by atoms with Crippen molar-refractivity contribution in [3.05, 3.63) is 62.5 Å². The predicted octanol–water partition coefficient (Wildman–Crippen LogP) is 2.52. The van der Waals surface area contributed by atoms with Gasteiger partial charge in [0, 0.05) is 49.5 Å². The molecule has 156 valence electrons. The number of thiophene rings is 1. The second kappa shape index (κ2) is 8.39. The van der Waals surface area contributed by atoms with Crippen molar-refractivity contribution in [3.63, 3.8) is 0 Å². The number of fused-ring (bicyclic) bond motifs is 1. The van der Waals surface area contributed by atoms with Crippen molar-refractivity contribution in [1.29, 1.82) is 0 Å². The number of aromatic nitrogens is 2. The number of benzene rings is 1. The lowest BCUT2D eigenvalue weighted by Gasteiger charge is -2.34. The summed E-state index contributed by atoms with van der Waals surface area (Å²) in [6, 6.07) is 9.19. The molecule has 1 saturated heterocycles. The van der Waals surface area contributed by atoms with Gasteiger partial charge in [-0.25, -0.2) is 4.98 Å². The highest BCUT2D eigenvalue weighted by Crippen LogP contribution is 2.25. The van der Waals surface area contributed by atoms with Crippen molar-refractivity contribution in [2.45, 2.75) is 26.7 Å². The second-order valence-corrected chi connectivity index (χ2v) is 8.72. The van der Waals surface area contributed by atoms with Gasteiger partial charge < -0.3 is 14.8 Å². The zero-order chi connectivity index (χ0) is 21.3. The molecule has 3 aromatic rings. The molecule has 3 heterocycles. The summed E-state index contributed by atoms with van der Waals surface area (Å²) in [6.45, 7) is 5.99. The maximum atomic E-state index is 12.6. The fourth-order valence-corrected chi connectivity index (χ4v) is 4.77. The molecule has 0 atom stereocenters. The molecule has 0 saturated carbocycles. The number of amides is 2. The van der Waals surface area contributed by atoms with Gasteiger partial charge in [0.2, 0.25) is 5.91 Å².